The van der Waals surface area contributed by atoms with Crippen molar-refractivity contribution in [3.05, 3.63) is 86.6 Å². The molecule has 0 spiro atoms. The van der Waals surface area contributed by atoms with E-state index in [0.29, 0.717) is 17.0 Å². The Morgan fingerprint density at radius 3 is 2.35 bits per heavy atom. The molecular formula is C25H23NO4S. The number of methoxy groups -OCH3 is 1. The first kappa shape index (κ1) is 20.9. The Morgan fingerprint density at radius 2 is 1.74 bits per heavy atom. The van der Waals surface area contributed by atoms with Crippen molar-refractivity contribution < 1.29 is 19.4 Å². The first-order valence-electron chi connectivity index (χ1n) is 9.90. The first-order valence-corrected chi connectivity index (χ1v) is 10.8. The molecule has 5 nitrogen and oxygen atoms in total. The lowest BCUT2D eigenvalue weighted by Gasteiger charge is -2.24. The highest BCUT2D eigenvalue weighted by atomic mass is 32.1. The van der Waals surface area contributed by atoms with Gasteiger partial charge in [-0.25, -0.2) is 0 Å². The molecule has 3 aromatic rings. The summed E-state index contributed by atoms with van der Waals surface area (Å²) in [7, 11) is 1.59. The van der Waals surface area contributed by atoms with Crippen LogP contribution in [0.1, 0.15) is 33.2 Å². The number of aryl methyl sites for hydroxylation is 3. The summed E-state index contributed by atoms with van der Waals surface area (Å²) in [5.74, 6) is -0.811. The van der Waals surface area contributed by atoms with Gasteiger partial charge in [0.15, 0.2) is 0 Å². The van der Waals surface area contributed by atoms with Gasteiger partial charge in [-0.15, -0.1) is 11.3 Å². The molecule has 1 N–H and O–H groups in total. The third-order valence-corrected chi connectivity index (χ3v) is 6.49. The molecule has 1 atom stereocenters. The lowest BCUT2D eigenvalue weighted by Crippen LogP contribution is -2.29. The number of nitrogens with zero attached hydrogens (tertiary/aromatic N) is 1. The SMILES string of the molecule is COc1cc(C)c(/C(O)=C2/C(=O)C(=O)N(c3ccc(C)cc3)C2c2cccs2)cc1C. The highest BCUT2D eigenvalue weighted by molar-refractivity contribution is 7.10. The van der Waals surface area contributed by atoms with Crippen LogP contribution in [0.2, 0.25) is 0 Å². The van der Waals surface area contributed by atoms with Gasteiger partial charge < -0.3 is 9.84 Å². The molecule has 158 valence electrons. The third kappa shape index (κ3) is 3.53. The van der Waals surface area contributed by atoms with Gasteiger partial charge in [-0.3, -0.25) is 14.5 Å². The first-order chi connectivity index (χ1) is 14.8. The van der Waals surface area contributed by atoms with Crippen LogP contribution in [0, 0.1) is 20.8 Å². The van der Waals surface area contributed by atoms with E-state index in [1.165, 1.54) is 16.2 Å². The Kier molecular flexibility index (Phi) is 5.41. The van der Waals surface area contributed by atoms with Crippen LogP contribution in [0.5, 0.6) is 5.75 Å². The van der Waals surface area contributed by atoms with Crippen molar-refractivity contribution >= 4 is 34.5 Å². The van der Waals surface area contributed by atoms with Gasteiger partial charge >= 0.3 is 0 Å². The fourth-order valence-corrected chi connectivity index (χ4v) is 4.75. The number of rotatable bonds is 4. The van der Waals surface area contributed by atoms with E-state index in [1.807, 2.05) is 68.6 Å². The zero-order valence-corrected chi connectivity index (χ0v) is 18.6. The standard InChI is InChI=1S/C25H23NO4S/c1-14-7-9-17(10-8-14)26-22(20-6-5-11-31-20)21(24(28)25(26)29)23(27)18-12-16(3)19(30-4)13-15(18)2/h5-13,22,27H,1-4H3/b23-21-. The van der Waals surface area contributed by atoms with Crippen LogP contribution in [0.25, 0.3) is 5.76 Å². The summed E-state index contributed by atoms with van der Waals surface area (Å²) in [5, 5.41) is 13.2. The lowest BCUT2D eigenvalue weighted by atomic mass is 9.95. The summed E-state index contributed by atoms with van der Waals surface area (Å²) >= 11 is 1.44. The number of Topliss-reactive ketones (excluding diaryl/α,β-unsaturated/α-hetero) is 1. The maximum absolute atomic E-state index is 13.2. The van der Waals surface area contributed by atoms with Gasteiger partial charge in [-0.2, -0.15) is 0 Å². The number of benzene rings is 2. The van der Waals surface area contributed by atoms with Crippen LogP contribution < -0.4 is 9.64 Å². The molecule has 0 radical (unpaired) electrons. The summed E-state index contributed by atoms with van der Waals surface area (Å²) in [6.07, 6.45) is 0. The second-order valence-corrected chi connectivity index (χ2v) is 8.64. The molecule has 0 saturated carbocycles. The molecule has 4 rings (SSSR count). The van der Waals surface area contributed by atoms with Crippen molar-refractivity contribution in [2.45, 2.75) is 26.8 Å². The molecular weight excluding hydrogens is 410 g/mol. The topological polar surface area (TPSA) is 66.8 Å². The van der Waals surface area contributed by atoms with Crippen molar-refractivity contribution in [2.75, 3.05) is 12.0 Å². The van der Waals surface area contributed by atoms with Crippen LogP contribution in [-0.4, -0.2) is 23.9 Å². The van der Waals surface area contributed by atoms with E-state index in [1.54, 1.807) is 13.2 Å². The molecule has 0 bridgehead atoms. The second kappa shape index (κ2) is 8.04. The number of thiophene rings is 1. The summed E-state index contributed by atoms with van der Waals surface area (Å²) in [6, 6.07) is 14.1. The van der Waals surface area contributed by atoms with E-state index in [2.05, 4.69) is 0 Å². The van der Waals surface area contributed by atoms with Gasteiger partial charge in [0.05, 0.1) is 12.7 Å². The molecule has 0 aliphatic carbocycles. The van der Waals surface area contributed by atoms with Gasteiger partial charge in [0.2, 0.25) is 0 Å². The molecule has 6 heteroatoms. The van der Waals surface area contributed by atoms with E-state index in [9.17, 15) is 14.7 Å². The molecule has 1 amide bonds. The van der Waals surface area contributed by atoms with E-state index in [-0.39, 0.29) is 11.3 Å². The fraction of sp³-hybridized carbons (Fsp3) is 0.200. The average Bonchev–Trinajstić information content (AvgIpc) is 3.37. The van der Waals surface area contributed by atoms with Gasteiger partial charge in [0.1, 0.15) is 17.6 Å². The van der Waals surface area contributed by atoms with E-state index >= 15 is 0 Å². The molecule has 1 unspecified atom stereocenters. The normalized spacial score (nSPS) is 17.9. The number of hydrogen-bond acceptors (Lipinski definition) is 5. The number of carbonyl (C=O) groups excluding carboxylic acids is 2. The number of ether oxygens (including phenoxy) is 1. The Bertz CT molecular complexity index is 1190. The van der Waals surface area contributed by atoms with Crippen molar-refractivity contribution in [2.24, 2.45) is 0 Å². The summed E-state index contributed by atoms with van der Waals surface area (Å²) in [5.41, 5.74) is 3.87. The predicted molar refractivity (Wildman–Crippen MR) is 123 cm³/mol. The smallest absolute Gasteiger partial charge is 0.300 e. The molecule has 1 aliphatic rings. The molecule has 31 heavy (non-hydrogen) atoms. The fourth-order valence-electron chi connectivity index (χ4n) is 3.93. The summed E-state index contributed by atoms with van der Waals surface area (Å²) < 4.78 is 5.36. The van der Waals surface area contributed by atoms with Gasteiger partial charge in [-0.1, -0.05) is 23.8 Å². The van der Waals surface area contributed by atoms with Crippen LogP contribution in [0.15, 0.2) is 59.5 Å². The molecule has 1 fully saturated rings. The highest BCUT2D eigenvalue weighted by Crippen LogP contribution is 2.44. The second-order valence-electron chi connectivity index (χ2n) is 7.66. The van der Waals surface area contributed by atoms with E-state index in [0.717, 1.165) is 21.6 Å². The number of amides is 1. The molecule has 1 aromatic heterocycles. The Balaban J connectivity index is 1.94. The Morgan fingerprint density at radius 1 is 1.03 bits per heavy atom. The van der Waals surface area contributed by atoms with Crippen molar-refractivity contribution in [1.82, 2.24) is 0 Å². The molecule has 1 saturated heterocycles. The lowest BCUT2D eigenvalue weighted by molar-refractivity contribution is -0.132. The molecule has 2 heterocycles. The predicted octanol–water partition coefficient (Wildman–Crippen LogP) is 5.31. The zero-order valence-electron chi connectivity index (χ0n) is 17.8. The Labute approximate surface area is 185 Å². The average molecular weight is 434 g/mol. The number of carbonyl (C=O) groups is 2. The van der Waals surface area contributed by atoms with Crippen LogP contribution in [0.3, 0.4) is 0 Å². The number of aliphatic hydroxyl groups excluding tert-OH is 1. The quantitative estimate of drug-likeness (QED) is 0.344. The van der Waals surface area contributed by atoms with Crippen molar-refractivity contribution in [3.8, 4) is 5.75 Å². The minimum Gasteiger partial charge on any atom is -0.507 e. The van der Waals surface area contributed by atoms with Crippen LogP contribution in [-0.2, 0) is 9.59 Å². The molecule has 2 aromatic carbocycles. The molecule has 1 aliphatic heterocycles. The minimum atomic E-state index is -0.690. The van der Waals surface area contributed by atoms with E-state index in [4.69, 9.17) is 4.74 Å². The zero-order chi connectivity index (χ0) is 22.3. The van der Waals surface area contributed by atoms with Crippen LogP contribution in [0.4, 0.5) is 5.69 Å². The maximum atomic E-state index is 13.2. The summed E-state index contributed by atoms with van der Waals surface area (Å²) in [6.45, 7) is 5.67. The Hall–Kier alpha value is -3.38. The van der Waals surface area contributed by atoms with Gasteiger partial charge in [0, 0.05) is 16.1 Å². The van der Waals surface area contributed by atoms with Gasteiger partial charge in [-0.05, 0) is 67.6 Å². The number of hydrogen-bond donors (Lipinski definition) is 1. The van der Waals surface area contributed by atoms with Crippen molar-refractivity contribution in [1.29, 1.82) is 0 Å². The summed E-state index contributed by atoms with van der Waals surface area (Å²) in [4.78, 5) is 28.6. The number of anilines is 1. The maximum Gasteiger partial charge on any atom is 0.300 e. The number of ketones is 1. The number of aliphatic hydroxyl groups is 1. The van der Waals surface area contributed by atoms with Crippen molar-refractivity contribution in [3.63, 3.8) is 0 Å². The third-order valence-electron chi connectivity index (χ3n) is 5.57. The van der Waals surface area contributed by atoms with E-state index < -0.39 is 17.7 Å². The minimum absolute atomic E-state index is 0.0979. The monoisotopic (exact) mass is 433 g/mol. The largest absolute Gasteiger partial charge is 0.507 e. The van der Waals surface area contributed by atoms with Crippen LogP contribution >= 0.6 is 11.3 Å². The highest BCUT2D eigenvalue weighted by Gasteiger charge is 2.47. The van der Waals surface area contributed by atoms with Gasteiger partial charge in [0.25, 0.3) is 11.7 Å².